The van der Waals surface area contributed by atoms with Crippen molar-refractivity contribution in [1.29, 1.82) is 0 Å². The minimum Gasteiger partial charge on any atom is -0.462 e. The number of esters is 1. The van der Waals surface area contributed by atoms with Crippen molar-refractivity contribution < 1.29 is 22.7 Å². The van der Waals surface area contributed by atoms with E-state index >= 15 is 0 Å². The molecule has 0 aliphatic carbocycles. The Labute approximate surface area is 184 Å². The zero-order chi connectivity index (χ0) is 21.7. The van der Waals surface area contributed by atoms with Gasteiger partial charge in [0.1, 0.15) is 0 Å². The van der Waals surface area contributed by atoms with Crippen LogP contribution in [0.25, 0.3) is 0 Å². The molecule has 1 aliphatic rings. The third kappa shape index (κ3) is 5.27. The number of amides is 1. The van der Waals surface area contributed by atoms with Crippen LogP contribution in [0.4, 0.5) is 0 Å². The van der Waals surface area contributed by atoms with E-state index in [1.807, 2.05) is 24.3 Å². The highest BCUT2D eigenvalue weighted by Crippen LogP contribution is 2.19. The van der Waals surface area contributed by atoms with Crippen molar-refractivity contribution >= 4 is 37.8 Å². The van der Waals surface area contributed by atoms with Crippen molar-refractivity contribution in [1.82, 2.24) is 9.21 Å². The second-order valence-corrected chi connectivity index (χ2v) is 9.69. The molecule has 0 radical (unpaired) electrons. The number of nitrogens with zero attached hydrogens (tertiary/aromatic N) is 2. The molecule has 1 amide bonds. The Balaban J connectivity index is 1.60. The molecule has 2 aromatic rings. The zero-order valence-corrected chi connectivity index (χ0v) is 19.0. The average molecular weight is 495 g/mol. The number of piperazine rings is 1. The second kappa shape index (κ2) is 9.72. The van der Waals surface area contributed by atoms with Gasteiger partial charge in [-0.2, -0.15) is 4.31 Å². The zero-order valence-electron chi connectivity index (χ0n) is 16.6. The lowest BCUT2D eigenvalue weighted by atomic mass is 10.1. The summed E-state index contributed by atoms with van der Waals surface area (Å²) in [6.07, 6.45) is 0.287. The largest absolute Gasteiger partial charge is 0.462 e. The quantitative estimate of drug-likeness (QED) is 0.576. The van der Waals surface area contributed by atoms with Crippen molar-refractivity contribution in [3.8, 4) is 0 Å². The third-order valence-electron chi connectivity index (χ3n) is 4.86. The van der Waals surface area contributed by atoms with Crippen molar-refractivity contribution in [2.75, 3.05) is 32.8 Å². The lowest BCUT2D eigenvalue weighted by molar-refractivity contribution is -0.131. The van der Waals surface area contributed by atoms with Crippen LogP contribution in [-0.2, 0) is 26.0 Å². The number of benzene rings is 2. The monoisotopic (exact) mass is 494 g/mol. The Bertz CT molecular complexity index is 999. The summed E-state index contributed by atoms with van der Waals surface area (Å²) in [7, 11) is -3.69. The first-order valence-electron chi connectivity index (χ1n) is 9.61. The maximum Gasteiger partial charge on any atom is 0.338 e. The van der Waals surface area contributed by atoms with Gasteiger partial charge < -0.3 is 9.64 Å². The highest BCUT2D eigenvalue weighted by molar-refractivity contribution is 9.10. The van der Waals surface area contributed by atoms with Crippen molar-refractivity contribution in [2.24, 2.45) is 0 Å². The van der Waals surface area contributed by atoms with Gasteiger partial charge in [-0.15, -0.1) is 0 Å². The molecular formula is C21H23BrN2O5S. The van der Waals surface area contributed by atoms with Crippen LogP contribution in [0.5, 0.6) is 0 Å². The Morgan fingerprint density at radius 1 is 0.967 bits per heavy atom. The minimum atomic E-state index is -3.69. The van der Waals surface area contributed by atoms with E-state index in [1.54, 1.807) is 11.8 Å². The molecule has 9 heteroatoms. The Hall–Kier alpha value is -2.23. The van der Waals surface area contributed by atoms with E-state index < -0.39 is 16.0 Å². The summed E-state index contributed by atoms with van der Waals surface area (Å²) >= 11 is 3.37. The summed E-state index contributed by atoms with van der Waals surface area (Å²) in [6, 6.07) is 13.3. The highest BCUT2D eigenvalue weighted by atomic mass is 79.9. The molecule has 1 aliphatic heterocycles. The van der Waals surface area contributed by atoms with Gasteiger partial charge in [-0.3, -0.25) is 4.79 Å². The van der Waals surface area contributed by atoms with Gasteiger partial charge in [-0.1, -0.05) is 28.1 Å². The SMILES string of the molecule is CCOC(=O)c1ccc(S(=O)(=O)N2CCN(C(=O)Cc3ccc(Br)cc3)CC2)cc1. The summed E-state index contributed by atoms with van der Waals surface area (Å²) in [5.74, 6) is -0.507. The lowest BCUT2D eigenvalue weighted by Gasteiger charge is -2.34. The molecular weight excluding hydrogens is 472 g/mol. The number of carbonyl (C=O) groups is 2. The maximum atomic E-state index is 12.9. The van der Waals surface area contributed by atoms with E-state index in [-0.39, 0.29) is 36.9 Å². The first-order chi connectivity index (χ1) is 14.3. The summed E-state index contributed by atoms with van der Waals surface area (Å²) < 4.78 is 33.0. The number of ether oxygens (including phenoxy) is 1. The molecule has 1 saturated heterocycles. The van der Waals surface area contributed by atoms with Crippen LogP contribution in [0.1, 0.15) is 22.8 Å². The van der Waals surface area contributed by atoms with E-state index in [0.29, 0.717) is 18.7 Å². The molecule has 3 rings (SSSR count). The fourth-order valence-corrected chi connectivity index (χ4v) is 4.88. The van der Waals surface area contributed by atoms with Gasteiger partial charge in [-0.25, -0.2) is 13.2 Å². The van der Waals surface area contributed by atoms with Gasteiger partial charge in [0.15, 0.2) is 0 Å². The predicted molar refractivity (Wildman–Crippen MR) is 116 cm³/mol. The lowest BCUT2D eigenvalue weighted by Crippen LogP contribution is -2.50. The van der Waals surface area contributed by atoms with E-state index in [2.05, 4.69) is 15.9 Å². The molecule has 0 unspecified atom stereocenters. The van der Waals surface area contributed by atoms with Gasteiger partial charge in [0.05, 0.1) is 23.5 Å². The standard InChI is InChI=1S/C21H23BrN2O5S/c1-2-29-21(26)17-5-9-19(10-6-17)30(27,28)24-13-11-23(12-14-24)20(25)15-16-3-7-18(22)8-4-16/h3-10H,2,11-15H2,1H3. The van der Waals surface area contributed by atoms with Crippen LogP contribution in [0, 0.1) is 0 Å². The van der Waals surface area contributed by atoms with E-state index in [1.165, 1.54) is 28.6 Å². The molecule has 0 aromatic heterocycles. The molecule has 0 atom stereocenters. The fraction of sp³-hybridized carbons (Fsp3) is 0.333. The van der Waals surface area contributed by atoms with Gasteiger partial charge >= 0.3 is 5.97 Å². The van der Waals surface area contributed by atoms with Crippen molar-refractivity contribution in [3.63, 3.8) is 0 Å². The molecule has 30 heavy (non-hydrogen) atoms. The molecule has 0 N–H and O–H groups in total. The molecule has 7 nitrogen and oxygen atoms in total. The normalized spacial score (nSPS) is 15.1. The first-order valence-corrected chi connectivity index (χ1v) is 11.8. The first kappa shape index (κ1) is 22.5. The number of rotatable bonds is 6. The summed E-state index contributed by atoms with van der Waals surface area (Å²) in [4.78, 5) is 26.1. The van der Waals surface area contributed by atoms with Gasteiger partial charge in [0.2, 0.25) is 15.9 Å². The molecule has 1 fully saturated rings. The van der Waals surface area contributed by atoms with E-state index in [4.69, 9.17) is 4.74 Å². The summed E-state index contributed by atoms with van der Waals surface area (Å²) in [6.45, 7) is 3.11. The Kier molecular flexibility index (Phi) is 7.27. The van der Waals surface area contributed by atoms with Gasteiger partial charge in [0.25, 0.3) is 0 Å². The number of halogens is 1. The predicted octanol–water partition coefficient (Wildman–Crippen LogP) is 2.70. The maximum absolute atomic E-state index is 12.9. The van der Waals surface area contributed by atoms with Crippen LogP contribution in [0.3, 0.4) is 0 Å². The van der Waals surface area contributed by atoms with Gasteiger partial charge in [0, 0.05) is 30.7 Å². The van der Waals surface area contributed by atoms with Crippen LogP contribution >= 0.6 is 15.9 Å². The fourth-order valence-electron chi connectivity index (χ4n) is 3.19. The molecule has 160 valence electrons. The average Bonchev–Trinajstić information content (AvgIpc) is 2.75. The van der Waals surface area contributed by atoms with Gasteiger partial charge in [-0.05, 0) is 48.9 Å². The summed E-state index contributed by atoms with van der Waals surface area (Å²) in [5, 5.41) is 0. The molecule has 0 bridgehead atoms. The third-order valence-corrected chi connectivity index (χ3v) is 7.30. The topological polar surface area (TPSA) is 84.0 Å². The van der Waals surface area contributed by atoms with Crippen LogP contribution in [0.15, 0.2) is 57.9 Å². The number of carbonyl (C=O) groups excluding carboxylic acids is 2. The minimum absolute atomic E-state index is 0.0202. The molecule has 0 spiro atoms. The van der Waals surface area contributed by atoms with E-state index in [0.717, 1.165) is 10.0 Å². The molecule has 1 heterocycles. The van der Waals surface area contributed by atoms with Crippen molar-refractivity contribution in [2.45, 2.75) is 18.2 Å². The number of hydrogen-bond donors (Lipinski definition) is 0. The van der Waals surface area contributed by atoms with Crippen LogP contribution < -0.4 is 0 Å². The smallest absolute Gasteiger partial charge is 0.338 e. The number of sulfonamides is 1. The Morgan fingerprint density at radius 2 is 1.57 bits per heavy atom. The second-order valence-electron chi connectivity index (χ2n) is 6.83. The Morgan fingerprint density at radius 3 is 2.13 bits per heavy atom. The summed E-state index contributed by atoms with van der Waals surface area (Å²) in [5.41, 5.74) is 1.22. The van der Waals surface area contributed by atoms with Crippen molar-refractivity contribution in [3.05, 3.63) is 64.1 Å². The molecule has 2 aromatic carbocycles. The number of hydrogen-bond acceptors (Lipinski definition) is 5. The van der Waals surface area contributed by atoms with Crippen LogP contribution in [-0.4, -0.2) is 62.3 Å². The van der Waals surface area contributed by atoms with E-state index in [9.17, 15) is 18.0 Å². The molecule has 0 saturated carbocycles. The van der Waals surface area contributed by atoms with Crippen LogP contribution in [0.2, 0.25) is 0 Å². The highest BCUT2D eigenvalue weighted by Gasteiger charge is 2.30.